The molecule has 0 bridgehead atoms. The molecule has 5 nitrogen and oxygen atoms in total. The Balaban J connectivity index is 2.17. The number of aliphatic carboxylic acids is 1. The molecule has 0 amide bonds. The van der Waals surface area contributed by atoms with E-state index in [1.165, 1.54) is 0 Å². The normalized spacial score (nSPS) is 16.6. The number of aliphatic hydroxyl groups is 1. The lowest BCUT2D eigenvalue weighted by Gasteiger charge is -2.33. The highest BCUT2D eigenvalue weighted by Crippen LogP contribution is 2.30. The first kappa shape index (κ1) is 13.7. The molecule has 1 fully saturated rings. The number of rotatable bonds is 3. The minimum atomic E-state index is -0.715. The minimum Gasteiger partial charge on any atom is -0.481 e. The smallest absolute Gasteiger partial charge is 0.306 e. The highest BCUT2D eigenvalue weighted by Gasteiger charge is 2.25. The standard InChI is InChI=1S/C14H20N2O3/c1-9-6-12(15)13(7-11(9)8-17)16-4-2-10(3-5-16)14(18)19/h6-7,10,17H,2-5,8,15H2,1H3,(H,18,19). The van der Waals surface area contributed by atoms with Gasteiger partial charge in [0.25, 0.3) is 0 Å². The molecule has 104 valence electrons. The van der Waals surface area contributed by atoms with Crippen molar-refractivity contribution in [3.8, 4) is 0 Å². The Kier molecular flexibility index (Phi) is 3.95. The summed E-state index contributed by atoms with van der Waals surface area (Å²) >= 11 is 0. The van der Waals surface area contributed by atoms with E-state index >= 15 is 0 Å². The zero-order valence-electron chi connectivity index (χ0n) is 11.1. The van der Waals surface area contributed by atoms with Crippen molar-refractivity contribution in [2.45, 2.75) is 26.4 Å². The van der Waals surface area contributed by atoms with E-state index in [4.69, 9.17) is 10.8 Å². The Morgan fingerprint density at radius 2 is 2.05 bits per heavy atom. The fourth-order valence-corrected chi connectivity index (χ4v) is 2.57. The van der Waals surface area contributed by atoms with Gasteiger partial charge in [0.1, 0.15) is 0 Å². The molecule has 1 aromatic carbocycles. The number of carbonyl (C=O) groups is 1. The van der Waals surface area contributed by atoms with Gasteiger partial charge in [0.05, 0.1) is 23.9 Å². The number of piperidine rings is 1. The number of benzene rings is 1. The molecule has 5 heteroatoms. The van der Waals surface area contributed by atoms with Crippen LogP contribution >= 0.6 is 0 Å². The molecule has 0 unspecified atom stereocenters. The molecule has 2 rings (SSSR count). The Bertz CT molecular complexity index is 480. The number of hydrogen-bond donors (Lipinski definition) is 3. The van der Waals surface area contributed by atoms with Crippen LogP contribution in [0.15, 0.2) is 12.1 Å². The zero-order chi connectivity index (χ0) is 14.0. The number of anilines is 2. The van der Waals surface area contributed by atoms with Crippen LogP contribution in [-0.2, 0) is 11.4 Å². The van der Waals surface area contributed by atoms with Crippen LogP contribution in [0.25, 0.3) is 0 Å². The maximum atomic E-state index is 10.9. The number of aliphatic hydroxyl groups excluding tert-OH is 1. The molecule has 0 spiro atoms. The largest absolute Gasteiger partial charge is 0.481 e. The van der Waals surface area contributed by atoms with Gasteiger partial charge in [-0.2, -0.15) is 0 Å². The molecule has 19 heavy (non-hydrogen) atoms. The van der Waals surface area contributed by atoms with Crippen molar-refractivity contribution < 1.29 is 15.0 Å². The number of aryl methyl sites for hydroxylation is 1. The van der Waals surface area contributed by atoms with Gasteiger partial charge >= 0.3 is 5.97 Å². The topological polar surface area (TPSA) is 86.8 Å². The zero-order valence-corrected chi connectivity index (χ0v) is 11.1. The Labute approximate surface area is 112 Å². The van der Waals surface area contributed by atoms with Gasteiger partial charge < -0.3 is 20.8 Å². The highest BCUT2D eigenvalue weighted by molar-refractivity contribution is 5.72. The summed E-state index contributed by atoms with van der Waals surface area (Å²) in [6.45, 7) is 3.29. The second-order valence-electron chi connectivity index (χ2n) is 5.10. The first-order chi connectivity index (χ1) is 9.02. The van der Waals surface area contributed by atoms with E-state index in [-0.39, 0.29) is 12.5 Å². The monoisotopic (exact) mass is 264 g/mol. The average molecular weight is 264 g/mol. The van der Waals surface area contributed by atoms with Crippen LogP contribution in [0.3, 0.4) is 0 Å². The van der Waals surface area contributed by atoms with Crippen molar-refractivity contribution in [3.05, 3.63) is 23.3 Å². The maximum Gasteiger partial charge on any atom is 0.306 e. The molecule has 1 aromatic rings. The van der Waals surface area contributed by atoms with Gasteiger partial charge in [-0.1, -0.05) is 0 Å². The van der Waals surface area contributed by atoms with Crippen molar-refractivity contribution in [3.63, 3.8) is 0 Å². The van der Waals surface area contributed by atoms with Gasteiger partial charge in [-0.3, -0.25) is 4.79 Å². The predicted molar refractivity (Wildman–Crippen MR) is 74.1 cm³/mol. The van der Waals surface area contributed by atoms with Crippen LogP contribution in [0.1, 0.15) is 24.0 Å². The third-order valence-electron chi connectivity index (χ3n) is 3.84. The first-order valence-electron chi connectivity index (χ1n) is 6.50. The lowest BCUT2D eigenvalue weighted by molar-refractivity contribution is -0.142. The Hall–Kier alpha value is -1.75. The van der Waals surface area contributed by atoms with E-state index in [9.17, 15) is 9.90 Å². The molecule has 0 aliphatic carbocycles. The number of nitrogen functional groups attached to an aromatic ring is 1. The lowest BCUT2D eigenvalue weighted by atomic mass is 9.96. The molecule has 1 aliphatic rings. The summed E-state index contributed by atoms with van der Waals surface area (Å²) in [5.41, 5.74) is 9.46. The van der Waals surface area contributed by atoms with Crippen molar-refractivity contribution in [1.29, 1.82) is 0 Å². The van der Waals surface area contributed by atoms with Crippen LogP contribution in [0, 0.1) is 12.8 Å². The number of carboxylic acid groups (broad SMARTS) is 1. The molecule has 1 aliphatic heterocycles. The summed E-state index contributed by atoms with van der Waals surface area (Å²) in [6, 6.07) is 3.77. The van der Waals surface area contributed by atoms with Crippen molar-refractivity contribution in [1.82, 2.24) is 0 Å². The average Bonchev–Trinajstić information content (AvgIpc) is 2.39. The highest BCUT2D eigenvalue weighted by atomic mass is 16.4. The molecular weight excluding hydrogens is 244 g/mol. The maximum absolute atomic E-state index is 10.9. The van der Waals surface area contributed by atoms with Gasteiger partial charge in [0, 0.05) is 13.1 Å². The Morgan fingerprint density at radius 3 is 2.58 bits per heavy atom. The molecule has 1 heterocycles. The number of hydrogen-bond acceptors (Lipinski definition) is 4. The van der Waals surface area contributed by atoms with E-state index in [2.05, 4.69) is 4.90 Å². The van der Waals surface area contributed by atoms with Crippen molar-refractivity contribution >= 4 is 17.3 Å². The fraction of sp³-hybridized carbons (Fsp3) is 0.500. The molecule has 0 radical (unpaired) electrons. The van der Waals surface area contributed by atoms with E-state index < -0.39 is 5.97 Å². The van der Waals surface area contributed by atoms with Crippen molar-refractivity contribution in [2.24, 2.45) is 5.92 Å². The second kappa shape index (κ2) is 5.48. The first-order valence-corrected chi connectivity index (χ1v) is 6.50. The fourth-order valence-electron chi connectivity index (χ4n) is 2.57. The quantitative estimate of drug-likeness (QED) is 0.718. The number of carboxylic acids is 1. The SMILES string of the molecule is Cc1cc(N)c(N2CCC(C(=O)O)CC2)cc1CO. The lowest BCUT2D eigenvalue weighted by Crippen LogP contribution is -2.36. The predicted octanol–water partition coefficient (Wildman–Crippen LogP) is 1.37. The summed E-state index contributed by atoms with van der Waals surface area (Å²) in [5, 5.41) is 18.3. The van der Waals surface area contributed by atoms with Crippen LogP contribution in [0.4, 0.5) is 11.4 Å². The summed E-state index contributed by atoms with van der Waals surface area (Å²) in [4.78, 5) is 13.0. The molecular formula is C14H20N2O3. The van der Waals surface area contributed by atoms with Gasteiger partial charge in [0.2, 0.25) is 0 Å². The van der Waals surface area contributed by atoms with Gasteiger partial charge in [0.15, 0.2) is 0 Å². The number of nitrogens with two attached hydrogens (primary N) is 1. The summed E-state index contributed by atoms with van der Waals surface area (Å²) in [5.74, 6) is -0.965. The third-order valence-corrected chi connectivity index (χ3v) is 3.84. The third kappa shape index (κ3) is 2.81. The minimum absolute atomic E-state index is 0.00922. The Morgan fingerprint density at radius 1 is 1.42 bits per heavy atom. The van der Waals surface area contributed by atoms with Crippen molar-refractivity contribution in [2.75, 3.05) is 23.7 Å². The van der Waals surface area contributed by atoms with Crippen LogP contribution in [0.2, 0.25) is 0 Å². The van der Waals surface area contributed by atoms with Gasteiger partial charge in [-0.05, 0) is 43.0 Å². The summed E-state index contributed by atoms with van der Waals surface area (Å²) in [7, 11) is 0. The van der Waals surface area contributed by atoms with Crippen LogP contribution in [-0.4, -0.2) is 29.3 Å². The summed E-state index contributed by atoms with van der Waals surface area (Å²) in [6.07, 6.45) is 1.27. The molecule has 4 N–H and O–H groups in total. The van der Waals surface area contributed by atoms with E-state index in [0.29, 0.717) is 31.6 Å². The second-order valence-corrected chi connectivity index (χ2v) is 5.10. The van der Waals surface area contributed by atoms with E-state index in [1.807, 2.05) is 19.1 Å². The van der Waals surface area contributed by atoms with E-state index in [0.717, 1.165) is 16.8 Å². The summed E-state index contributed by atoms with van der Waals surface area (Å²) < 4.78 is 0. The van der Waals surface area contributed by atoms with Crippen LogP contribution < -0.4 is 10.6 Å². The van der Waals surface area contributed by atoms with Gasteiger partial charge in [-0.15, -0.1) is 0 Å². The molecule has 0 atom stereocenters. The molecule has 1 saturated heterocycles. The number of nitrogens with zero attached hydrogens (tertiary/aromatic N) is 1. The molecule has 0 aromatic heterocycles. The van der Waals surface area contributed by atoms with Gasteiger partial charge in [-0.25, -0.2) is 0 Å². The van der Waals surface area contributed by atoms with Crippen LogP contribution in [0.5, 0.6) is 0 Å². The van der Waals surface area contributed by atoms with E-state index in [1.54, 1.807) is 0 Å². The molecule has 0 saturated carbocycles.